The average molecular weight is 475 g/mol. The largest absolute Gasteiger partial charge is 0.353 e. The van der Waals surface area contributed by atoms with Gasteiger partial charge in [-0.25, -0.2) is 14.2 Å². The van der Waals surface area contributed by atoms with E-state index in [2.05, 4.69) is 35.9 Å². The van der Waals surface area contributed by atoms with Gasteiger partial charge < -0.3 is 15.5 Å². The van der Waals surface area contributed by atoms with Gasteiger partial charge >= 0.3 is 6.03 Å². The molecule has 1 fully saturated rings. The average Bonchev–Trinajstić information content (AvgIpc) is 3.27. The second-order valence-corrected chi connectivity index (χ2v) is 8.15. The minimum Gasteiger partial charge on any atom is -0.353 e. The van der Waals surface area contributed by atoms with Crippen LogP contribution in [0.4, 0.5) is 26.5 Å². The number of ketones is 1. The van der Waals surface area contributed by atoms with Gasteiger partial charge in [0.15, 0.2) is 11.6 Å². The van der Waals surface area contributed by atoms with Crippen molar-refractivity contribution in [1.29, 1.82) is 0 Å². The Morgan fingerprint density at radius 1 is 1.03 bits per heavy atom. The summed E-state index contributed by atoms with van der Waals surface area (Å²) in [6, 6.07) is 9.91. The van der Waals surface area contributed by atoms with E-state index in [0.717, 1.165) is 38.1 Å². The first kappa shape index (κ1) is 22.4. The standard InChI is InChI=1S/C24H23FN8O2/c1-32-9-6-21(31-32)30-24(35)28-16-3-4-17(18(25)13-16)23(34)15-2-5-19-20(12-15)29-22(14-27-19)33-10-7-26-8-11-33/h2-6,9,12-14,26H,7-8,10-11H2,1H3,(H2,28,30,31,35). The van der Waals surface area contributed by atoms with Gasteiger partial charge in [0.2, 0.25) is 0 Å². The molecule has 2 aromatic carbocycles. The number of nitrogens with one attached hydrogen (secondary N) is 3. The van der Waals surface area contributed by atoms with E-state index >= 15 is 0 Å². The quantitative estimate of drug-likeness (QED) is 0.381. The summed E-state index contributed by atoms with van der Waals surface area (Å²) in [5.41, 5.74) is 1.62. The summed E-state index contributed by atoms with van der Waals surface area (Å²) in [5, 5.41) is 12.4. The Labute approximate surface area is 200 Å². The van der Waals surface area contributed by atoms with Crippen molar-refractivity contribution in [1.82, 2.24) is 25.1 Å². The van der Waals surface area contributed by atoms with Crippen LogP contribution in [0.1, 0.15) is 15.9 Å². The lowest BCUT2D eigenvalue weighted by Crippen LogP contribution is -2.43. The fraction of sp³-hybridized carbons (Fsp3) is 0.208. The number of fused-ring (bicyclic) bond motifs is 1. The van der Waals surface area contributed by atoms with Crippen LogP contribution in [-0.2, 0) is 7.05 Å². The lowest BCUT2D eigenvalue weighted by Gasteiger charge is -2.28. The summed E-state index contributed by atoms with van der Waals surface area (Å²) < 4.78 is 16.4. The molecule has 0 saturated carbocycles. The number of nitrogens with zero attached hydrogens (tertiary/aromatic N) is 5. The zero-order valence-corrected chi connectivity index (χ0v) is 19.0. The number of halogens is 1. The molecule has 0 radical (unpaired) electrons. The Hall–Kier alpha value is -4.38. The van der Waals surface area contributed by atoms with E-state index in [1.807, 2.05) is 0 Å². The molecule has 35 heavy (non-hydrogen) atoms. The van der Waals surface area contributed by atoms with Crippen molar-refractivity contribution in [3.8, 4) is 0 Å². The third-order valence-corrected chi connectivity index (χ3v) is 5.66. The zero-order valence-electron chi connectivity index (χ0n) is 19.0. The predicted octanol–water partition coefficient (Wildman–Crippen LogP) is 2.79. The molecular weight excluding hydrogens is 451 g/mol. The number of hydrogen-bond donors (Lipinski definition) is 3. The summed E-state index contributed by atoms with van der Waals surface area (Å²) >= 11 is 0. The van der Waals surface area contributed by atoms with Crippen molar-refractivity contribution < 1.29 is 14.0 Å². The number of piperazine rings is 1. The van der Waals surface area contributed by atoms with E-state index in [-0.39, 0.29) is 11.3 Å². The molecule has 0 bridgehead atoms. The number of urea groups is 1. The van der Waals surface area contributed by atoms with Crippen LogP contribution in [-0.4, -0.2) is 57.7 Å². The second-order valence-electron chi connectivity index (χ2n) is 8.15. The molecule has 0 atom stereocenters. The van der Waals surface area contributed by atoms with Gasteiger partial charge in [-0.3, -0.25) is 19.8 Å². The topological polar surface area (TPSA) is 117 Å². The Morgan fingerprint density at radius 3 is 2.60 bits per heavy atom. The minimum atomic E-state index is -0.744. The number of carbonyl (C=O) groups excluding carboxylic acids is 2. The summed E-state index contributed by atoms with van der Waals surface area (Å²) in [6.45, 7) is 3.38. The predicted molar refractivity (Wildman–Crippen MR) is 130 cm³/mol. The molecule has 1 saturated heterocycles. The first-order valence-corrected chi connectivity index (χ1v) is 11.1. The number of carbonyl (C=O) groups is 2. The van der Waals surface area contributed by atoms with E-state index in [1.54, 1.807) is 48.4 Å². The van der Waals surface area contributed by atoms with E-state index in [1.165, 1.54) is 12.1 Å². The van der Waals surface area contributed by atoms with Gasteiger partial charge in [-0.1, -0.05) is 0 Å². The van der Waals surface area contributed by atoms with E-state index in [0.29, 0.717) is 22.4 Å². The Kier molecular flexibility index (Phi) is 6.06. The lowest BCUT2D eigenvalue weighted by molar-refractivity contribution is 0.103. The number of hydrogen-bond acceptors (Lipinski definition) is 7. The lowest BCUT2D eigenvalue weighted by atomic mass is 10.0. The summed E-state index contributed by atoms with van der Waals surface area (Å²) in [4.78, 5) is 36.4. The first-order chi connectivity index (χ1) is 17.0. The molecule has 0 unspecified atom stereocenters. The van der Waals surface area contributed by atoms with Gasteiger partial charge in [-0.2, -0.15) is 5.10 Å². The van der Waals surface area contributed by atoms with Gasteiger partial charge in [0.1, 0.15) is 11.6 Å². The second kappa shape index (κ2) is 9.47. The van der Waals surface area contributed by atoms with Crippen molar-refractivity contribution in [3.05, 3.63) is 71.8 Å². The van der Waals surface area contributed by atoms with Crippen molar-refractivity contribution in [2.75, 3.05) is 41.7 Å². The molecule has 2 amide bonds. The Bertz CT molecular complexity index is 1410. The third kappa shape index (κ3) is 4.94. The van der Waals surface area contributed by atoms with Crippen molar-refractivity contribution >= 4 is 40.2 Å². The number of benzene rings is 2. The van der Waals surface area contributed by atoms with Gasteiger partial charge in [0.25, 0.3) is 0 Å². The Morgan fingerprint density at radius 2 is 1.86 bits per heavy atom. The SMILES string of the molecule is Cn1ccc(NC(=O)Nc2ccc(C(=O)c3ccc4ncc(N5CCNCC5)nc4c3)c(F)c2)n1. The fourth-order valence-electron chi connectivity index (χ4n) is 3.88. The molecule has 1 aliphatic heterocycles. The maximum absolute atomic E-state index is 14.8. The monoisotopic (exact) mass is 474 g/mol. The van der Waals surface area contributed by atoms with Gasteiger partial charge in [0, 0.05) is 56.7 Å². The van der Waals surface area contributed by atoms with Gasteiger partial charge in [-0.05, 0) is 36.4 Å². The highest BCUT2D eigenvalue weighted by Gasteiger charge is 2.18. The molecule has 3 heterocycles. The minimum absolute atomic E-state index is 0.105. The molecule has 0 spiro atoms. The third-order valence-electron chi connectivity index (χ3n) is 5.66. The normalized spacial score (nSPS) is 13.6. The highest BCUT2D eigenvalue weighted by atomic mass is 19.1. The molecule has 0 aliphatic carbocycles. The van der Waals surface area contributed by atoms with Crippen LogP contribution in [0, 0.1) is 5.82 Å². The molecule has 11 heteroatoms. The zero-order chi connectivity index (χ0) is 24.4. The molecule has 178 valence electrons. The number of aryl methyl sites for hydroxylation is 1. The summed E-state index contributed by atoms with van der Waals surface area (Å²) in [5.74, 6) is -0.124. The van der Waals surface area contributed by atoms with E-state index in [4.69, 9.17) is 0 Å². The molecule has 1 aliphatic rings. The smallest absolute Gasteiger partial charge is 0.324 e. The van der Waals surface area contributed by atoms with Gasteiger partial charge in [-0.15, -0.1) is 0 Å². The number of anilines is 3. The maximum Gasteiger partial charge on any atom is 0.324 e. The van der Waals surface area contributed by atoms with Crippen molar-refractivity contribution in [2.45, 2.75) is 0 Å². The van der Waals surface area contributed by atoms with Gasteiger partial charge in [0.05, 0.1) is 22.8 Å². The van der Waals surface area contributed by atoms with Crippen LogP contribution < -0.4 is 20.9 Å². The molecular formula is C24H23FN8O2. The molecule has 2 aromatic heterocycles. The highest BCUT2D eigenvalue weighted by molar-refractivity contribution is 6.10. The fourth-order valence-corrected chi connectivity index (χ4v) is 3.88. The number of rotatable bonds is 5. The van der Waals surface area contributed by atoms with E-state index < -0.39 is 17.6 Å². The van der Waals surface area contributed by atoms with Crippen LogP contribution in [0.25, 0.3) is 11.0 Å². The van der Waals surface area contributed by atoms with Crippen LogP contribution in [0.5, 0.6) is 0 Å². The number of amides is 2. The first-order valence-electron chi connectivity index (χ1n) is 11.1. The van der Waals surface area contributed by atoms with Crippen LogP contribution >= 0.6 is 0 Å². The molecule has 4 aromatic rings. The Balaban J connectivity index is 1.33. The maximum atomic E-state index is 14.8. The summed E-state index contributed by atoms with van der Waals surface area (Å²) in [7, 11) is 1.72. The van der Waals surface area contributed by atoms with Crippen molar-refractivity contribution in [3.63, 3.8) is 0 Å². The molecule has 10 nitrogen and oxygen atoms in total. The molecule has 5 rings (SSSR count). The van der Waals surface area contributed by atoms with Crippen molar-refractivity contribution in [2.24, 2.45) is 7.05 Å². The number of aromatic nitrogens is 4. The van der Waals surface area contributed by atoms with Crippen LogP contribution in [0.2, 0.25) is 0 Å². The van der Waals surface area contributed by atoms with Crippen LogP contribution in [0.15, 0.2) is 54.9 Å². The van der Waals surface area contributed by atoms with E-state index in [9.17, 15) is 14.0 Å². The summed E-state index contributed by atoms with van der Waals surface area (Å²) in [6.07, 6.45) is 3.41. The van der Waals surface area contributed by atoms with Crippen LogP contribution in [0.3, 0.4) is 0 Å². The molecule has 3 N–H and O–H groups in total. The highest BCUT2D eigenvalue weighted by Crippen LogP contribution is 2.22.